The fraction of sp³-hybridized carbons (Fsp3) is 0.429. The van der Waals surface area contributed by atoms with Gasteiger partial charge in [-0.05, 0) is 43.5 Å². The van der Waals surface area contributed by atoms with E-state index in [9.17, 15) is 18.0 Å². The Morgan fingerprint density at radius 3 is 2.39 bits per heavy atom. The molecule has 2 rings (SSSR count). The van der Waals surface area contributed by atoms with E-state index >= 15 is 0 Å². The van der Waals surface area contributed by atoms with Gasteiger partial charge in [-0.3, -0.25) is 9.59 Å². The summed E-state index contributed by atoms with van der Waals surface area (Å²) < 4.78 is 23.2. The van der Waals surface area contributed by atoms with Gasteiger partial charge in [-0.2, -0.15) is 0 Å². The van der Waals surface area contributed by atoms with Gasteiger partial charge in [0.05, 0.1) is 10.8 Å². The van der Waals surface area contributed by atoms with E-state index in [0.29, 0.717) is 24.1 Å². The zero-order valence-electron chi connectivity index (χ0n) is 12.8. The van der Waals surface area contributed by atoms with Crippen molar-refractivity contribution in [2.75, 3.05) is 13.1 Å². The summed E-state index contributed by atoms with van der Waals surface area (Å²) in [6.07, 6.45) is 0.397. The number of primary sulfonamides is 1. The van der Waals surface area contributed by atoms with Crippen molar-refractivity contribution in [2.45, 2.75) is 25.2 Å². The van der Waals surface area contributed by atoms with Crippen LogP contribution in [-0.2, 0) is 14.8 Å². The van der Waals surface area contributed by atoms with Gasteiger partial charge in [-0.25, -0.2) is 13.6 Å². The molecule has 1 aliphatic heterocycles. The minimum Gasteiger partial charge on any atom is -0.481 e. The van der Waals surface area contributed by atoms with Crippen LogP contribution in [0.1, 0.15) is 27.9 Å². The van der Waals surface area contributed by atoms with E-state index in [2.05, 4.69) is 0 Å². The molecule has 0 saturated carbocycles. The van der Waals surface area contributed by atoms with Crippen molar-refractivity contribution in [3.63, 3.8) is 0 Å². The number of carboxylic acids is 1. The van der Waals surface area contributed by atoms with Gasteiger partial charge in [-0.1, -0.05) is 0 Å². The fourth-order valence-corrected chi connectivity index (χ4v) is 3.45. The number of carbonyl (C=O) groups is 2. The molecule has 0 aromatic heterocycles. The Hall–Kier alpha value is -1.64. The van der Waals surface area contributed by atoms with Crippen LogP contribution in [0.2, 0.25) is 0 Å². The molecule has 1 aromatic rings. The molecule has 1 amide bonds. The first kappa shape index (κ1) is 19.4. The maximum Gasteiger partial charge on any atom is 0.308 e. The quantitative estimate of drug-likeness (QED) is 0.828. The Bertz CT molecular complexity index is 748. The molecule has 3 N–H and O–H groups in total. The number of halogens is 1. The Morgan fingerprint density at radius 1 is 1.30 bits per heavy atom. The van der Waals surface area contributed by atoms with Crippen LogP contribution in [0.15, 0.2) is 17.0 Å². The summed E-state index contributed by atoms with van der Waals surface area (Å²) in [5, 5.41) is 14.2. The summed E-state index contributed by atoms with van der Waals surface area (Å²) >= 11 is 0. The Kier molecular flexibility index (Phi) is 5.79. The zero-order valence-corrected chi connectivity index (χ0v) is 14.4. The number of aliphatic carboxylic acids is 1. The Labute approximate surface area is 140 Å². The van der Waals surface area contributed by atoms with E-state index in [0.717, 1.165) is 0 Å². The number of nitrogens with zero attached hydrogens (tertiary/aromatic N) is 1. The Morgan fingerprint density at radius 2 is 1.91 bits per heavy atom. The highest BCUT2D eigenvalue weighted by molar-refractivity contribution is 7.89. The van der Waals surface area contributed by atoms with Crippen molar-refractivity contribution in [3.05, 3.63) is 28.8 Å². The number of carbonyl (C=O) groups excluding carboxylic acids is 1. The number of carboxylic acid groups (broad SMARTS) is 1. The molecule has 9 heteroatoms. The van der Waals surface area contributed by atoms with Crippen molar-refractivity contribution in [2.24, 2.45) is 11.1 Å². The molecular formula is C14H19ClN2O5S. The average molecular weight is 363 g/mol. The van der Waals surface area contributed by atoms with Crippen LogP contribution in [0, 0.1) is 19.8 Å². The number of hydrogen-bond donors (Lipinski definition) is 2. The minimum atomic E-state index is -3.92. The van der Waals surface area contributed by atoms with Crippen molar-refractivity contribution in [3.8, 4) is 0 Å². The van der Waals surface area contributed by atoms with Gasteiger partial charge in [0.25, 0.3) is 5.91 Å². The molecule has 0 bridgehead atoms. The summed E-state index contributed by atoms with van der Waals surface area (Å²) in [6.45, 7) is 3.80. The monoisotopic (exact) mass is 362 g/mol. The lowest BCUT2D eigenvalue weighted by atomic mass is 10.1. The smallest absolute Gasteiger partial charge is 0.308 e. The highest BCUT2D eigenvalue weighted by Gasteiger charge is 2.31. The average Bonchev–Trinajstić information content (AvgIpc) is 2.89. The molecule has 1 aromatic carbocycles. The lowest BCUT2D eigenvalue weighted by Gasteiger charge is -2.17. The van der Waals surface area contributed by atoms with Crippen molar-refractivity contribution < 1.29 is 23.1 Å². The van der Waals surface area contributed by atoms with E-state index in [1.165, 1.54) is 11.0 Å². The van der Waals surface area contributed by atoms with E-state index in [1.807, 2.05) is 0 Å². The molecule has 1 fully saturated rings. The fourth-order valence-electron chi connectivity index (χ4n) is 2.57. The predicted octanol–water partition coefficient (Wildman–Crippen LogP) is 0.919. The number of benzene rings is 1. The standard InChI is InChI=1S/C14H18N2O5S.ClH/c1-8-5-11(6-12(9(8)2)22(15,20)21)13(17)16-4-3-10(7-16)14(18)19;/h5-6,10H,3-4,7H2,1-2H3,(H,18,19)(H2,15,20,21);1H. The lowest BCUT2D eigenvalue weighted by molar-refractivity contribution is -0.141. The van der Waals surface area contributed by atoms with Crippen LogP contribution in [0.4, 0.5) is 0 Å². The number of hydrogen-bond acceptors (Lipinski definition) is 4. The molecule has 1 heterocycles. The van der Waals surface area contributed by atoms with Crippen LogP contribution in [-0.4, -0.2) is 43.4 Å². The molecular weight excluding hydrogens is 344 g/mol. The van der Waals surface area contributed by atoms with Gasteiger partial charge in [0.2, 0.25) is 10.0 Å². The molecule has 1 aliphatic rings. The molecule has 1 saturated heterocycles. The maximum absolute atomic E-state index is 12.5. The van der Waals surface area contributed by atoms with Crippen molar-refractivity contribution >= 4 is 34.3 Å². The third-order valence-corrected chi connectivity index (χ3v) is 5.03. The first-order chi connectivity index (χ1) is 10.1. The summed E-state index contributed by atoms with van der Waals surface area (Å²) in [4.78, 5) is 24.8. The molecule has 23 heavy (non-hydrogen) atoms. The van der Waals surface area contributed by atoms with Gasteiger partial charge in [-0.15, -0.1) is 12.4 Å². The topological polar surface area (TPSA) is 118 Å². The van der Waals surface area contributed by atoms with E-state index in [-0.39, 0.29) is 35.3 Å². The maximum atomic E-state index is 12.5. The second-order valence-electron chi connectivity index (χ2n) is 5.54. The summed E-state index contributed by atoms with van der Waals surface area (Å²) in [5.41, 5.74) is 1.35. The lowest BCUT2D eigenvalue weighted by Crippen LogP contribution is -2.30. The minimum absolute atomic E-state index is 0. The molecule has 7 nitrogen and oxygen atoms in total. The van der Waals surface area contributed by atoms with Crippen molar-refractivity contribution in [1.29, 1.82) is 0 Å². The first-order valence-corrected chi connectivity index (χ1v) is 8.32. The van der Waals surface area contributed by atoms with Gasteiger partial charge in [0.1, 0.15) is 0 Å². The highest BCUT2D eigenvalue weighted by Crippen LogP contribution is 2.23. The molecule has 128 valence electrons. The highest BCUT2D eigenvalue weighted by atomic mass is 35.5. The number of likely N-dealkylation sites (tertiary alicyclic amines) is 1. The summed E-state index contributed by atoms with van der Waals surface area (Å²) in [7, 11) is -3.92. The van der Waals surface area contributed by atoms with Crippen LogP contribution in [0.25, 0.3) is 0 Å². The largest absolute Gasteiger partial charge is 0.481 e. The Balaban J connectivity index is 0.00000264. The molecule has 1 unspecified atom stereocenters. The van der Waals surface area contributed by atoms with Gasteiger partial charge < -0.3 is 10.0 Å². The van der Waals surface area contributed by atoms with Crippen LogP contribution >= 0.6 is 12.4 Å². The van der Waals surface area contributed by atoms with E-state index in [4.69, 9.17) is 10.2 Å². The van der Waals surface area contributed by atoms with Gasteiger partial charge >= 0.3 is 5.97 Å². The molecule has 0 radical (unpaired) electrons. The van der Waals surface area contributed by atoms with Gasteiger partial charge in [0, 0.05) is 18.7 Å². The number of amides is 1. The summed E-state index contributed by atoms with van der Waals surface area (Å²) in [5.74, 6) is -1.88. The number of aryl methyl sites for hydroxylation is 1. The normalized spacial score (nSPS) is 17.7. The van der Waals surface area contributed by atoms with Crippen LogP contribution < -0.4 is 5.14 Å². The molecule has 0 aliphatic carbocycles. The van der Waals surface area contributed by atoms with Crippen LogP contribution in [0.5, 0.6) is 0 Å². The first-order valence-electron chi connectivity index (χ1n) is 6.77. The second-order valence-corrected chi connectivity index (χ2v) is 7.07. The summed E-state index contributed by atoms with van der Waals surface area (Å²) in [6, 6.07) is 2.86. The second kappa shape index (κ2) is 6.86. The van der Waals surface area contributed by atoms with Crippen LogP contribution in [0.3, 0.4) is 0 Å². The third kappa shape index (κ3) is 4.01. The van der Waals surface area contributed by atoms with E-state index < -0.39 is 21.9 Å². The zero-order chi connectivity index (χ0) is 16.7. The molecule has 1 atom stereocenters. The van der Waals surface area contributed by atoms with E-state index in [1.54, 1.807) is 19.9 Å². The predicted molar refractivity (Wildman–Crippen MR) is 86.2 cm³/mol. The molecule has 0 spiro atoms. The third-order valence-electron chi connectivity index (χ3n) is 4.00. The van der Waals surface area contributed by atoms with Gasteiger partial charge in [0.15, 0.2) is 0 Å². The van der Waals surface area contributed by atoms with Crippen molar-refractivity contribution in [1.82, 2.24) is 4.90 Å². The number of sulfonamides is 1. The number of nitrogens with two attached hydrogens (primary N) is 1. The number of rotatable bonds is 3. The SMILES string of the molecule is Cc1cc(C(=O)N2CCC(C(=O)O)C2)cc(S(N)(=O)=O)c1C.Cl.